The van der Waals surface area contributed by atoms with Crippen LogP contribution >= 0.6 is 0 Å². The molecule has 4 aliphatic rings. The zero-order chi connectivity index (χ0) is 8.52. The van der Waals surface area contributed by atoms with Crippen LogP contribution in [0.3, 0.4) is 0 Å². The Morgan fingerprint density at radius 1 is 0.923 bits per heavy atom. The second-order valence-corrected chi connectivity index (χ2v) is 4.90. The van der Waals surface area contributed by atoms with Crippen LogP contribution in [0.15, 0.2) is 0 Å². The molecule has 0 aromatic rings. The van der Waals surface area contributed by atoms with Gasteiger partial charge in [0.05, 0.1) is 25.4 Å². The molecule has 72 valence electrons. The first-order valence-corrected chi connectivity index (χ1v) is 5.25. The van der Waals surface area contributed by atoms with Gasteiger partial charge >= 0.3 is 0 Å². The van der Waals surface area contributed by atoms with Crippen molar-refractivity contribution in [3.8, 4) is 0 Å². The van der Waals surface area contributed by atoms with Crippen LogP contribution in [0.2, 0.25) is 0 Å². The van der Waals surface area contributed by atoms with Crippen LogP contribution in [0.5, 0.6) is 0 Å². The summed E-state index contributed by atoms with van der Waals surface area (Å²) in [5, 5.41) is 0. The van der Waals surface area contributed by atoms with E-state index >= 15 is 0 Å². The molecule has 2 aliphatic heterocycles. The average Bonchev–Trinajstić information content (AvgIpc) is 2.54. The largest absolute Gasteiger partial charge is 0.369 e. The maximum Gasteiger partial charge on any atom is 0.171 e. The Morgan fingerprint density at radius 3 is 2.23 bits per heavy atom. The summed E-state index contributed by atoms with van der Waals surface area (Å²) in [4.78, 5) is 0. The Morgan fingerprint density at radius 2 is 1.69 bits per heavy atom. The van der Waals surface area contributed by atoms with Gasteiger partial charge in [0.15, 0.2) is 5.79 Å². The van der Waals surface area contributed by atoms with Crippen LogP contribution in [0.4, 0.5) is 0 Å². The lowest BCUT2D eigenvalue weighted by Crippen LogP contribution is -2.41. The molecule has 2 heterocycles. The molecule has 2 saturated carbocycles. The summed E-state index contributed by atoms with van der Waals surface area (Å²) in [5.74, 6) is 1.15. The van der Waals surface area contributed by atoms with Crippen molar-refractivity contribution in [2.24, 2.45) is 11.8 Å². The number of ether oxygens (including phenoxy) is 3. The van der Waals surface area contributed by atoms with E-state index in [2.05, 4.69) is 0 Å². The second kappa shape index (κ2) is 1.95. The third kappa shape index (κ3) is 0.729. The van der Waals surface area contributed by atoms with E-state index in [0.29, 0.717) is 5.92 Å². The molecule has 0 radical (unpaired) electrons. The molecule has 2 aliphatic carbocycles. The smallest absolute Gasteiger partial charge is 0.171 e. The number of hydrogen-bond acceptors (Lipinski definition) is 3. The van der Waals surface area contributed by atoms with E-state index in [0.717, 1.165) is 32.2 Å². The summed E-state index contributed by atoms with van der Waals surface area (Å²) in [6, 6.07) is 0. The highest BCUT2D eigenvalue weighted by atomic mass is 16.7. The molecular formula is C10H14O3. The van der Waals surface area contributed by atoms with E-state index in [1.165, 1.54) is 12.8 Å². The van der Waals surface area contributed by atoms with Crippen LogP contribution in [0, 0.1) is 11.8 Å². The second-order valence-electron chi connectivity index (χ2n) is 4.90. The first-order chi connectivity index (χ1) is 6.33. The fraction of sp³-hybridized carbons (Fsp3) is 1.00. The van der Waals surface area contributed by atoms with E-state index in [-0.39, 0.29) is 11.4 Å². The lowest BCUT2D eigenvalue weighted by Gasteiger charge is -2.33. The summed E-state index contributed by atoms with van der Waals surface area (Å²) in [7, 11) is 0. The van der Waals surface area contributed by atoms with E-state index in [9.17, 15) is 0 Å². The molecule has 13 heavy (non-hydrogen) atoms. The quantitative estimate of drug-likeness (QED) is 0.522. The van der Waals surface area contributed by atoms with Gasteiger partial charge in [-0.25, -0.2) is 0 Å². The predicted molar refractivity (Wildman–Crippen MR) is 44.1 cm³/mol. The average molecular weight is 182 g/mol. The third-order valence-corrected chi connectivity index (χ3v) is 4.35. The Balaban J connectivity index is 1.67. The highest BCUT2D eigenvalue weighted by Gasteiger charge is 2.69. The fourth-order valence-corrected chi connectivity index (χ4v) is 3.61. The van der Waals surface area contributed by atoms with E-state index in [1.54, 1.807) is 0 Å². The van der Waals surface area contributed by atoms with Crippen molar-refractivity contribution in [1.82, 2.24) is 0 Å². The van der Waals surface area contributed by atoms with Crippen LogP contribution in [-0.2, 0) is 14.2 Å². The number of hydrogen-bond donors (Lipinski definition) is 0. The maximum atomic E-state index is 5.78. The van der Waals surface area contributed by atoms with Crippen molar-refractivity contribution in [3.63, 3.8) is 0 Å². The standard InChI is InChI=1S/C10H14O3/c1-2-12-10(11-1)5-7-3-8(10)4-9(7)6-13-9/h7-8H,1-6H2/t7-,8-,9?/m0/s1. The molecule has 3 nitrogen and oxygen atoms in total. The normalized spacial score (nSPS) is 55.4. The SMILES string of the molecule is C1COC2(C[C@@H]3C[C@H]2CC32CO2)O1. The summed E-state index contributed by atoms with van der Waals surface area (Å²) in [6.45, 7) is 2.57. The molecule has 4 rings (SSSR count). The number of rotatable bonds is 0. The van der Waals surface area contributed by atoms with Gasteiger partial charge in [-0.1, -0.05) is 0 Å². The number of fused-ring (bicyclic) bond motifs is 4. The molecular weight excluding hydrogens is 168 g/mol. The van der Waals surface area contributed by atoms with Gasteiger partial charge < -0.3 is 14.2 Å². The monoisotopic (exact) mass is 182 g/mol. The highest BCUT2D eigenvalue weighted by molar-refractivity contribution is 5.15. The zero-order valence-electron chi connectivity index (χ0n) is 7.62. The van der Waals surface area contributed by atoms with Crippen molar-refractivity contribution in [1.29, 1.82) is 0 Å². The first kappa shape index (κ1) is 7.21. The summed E-state index contributed by atoms with van der Waals surface area (Å²) >= 11 is 0. The third-order valence-electron chi connectivity index (χ3n) is 4.35. The van der Waals surface area contributed by atoms with Crippen molar-refractivity contribution in [2.45, 2.75) is 30.7 Å². The van der Waals surface area contributed by atoms with Crippen molar-refractivity contribution in [2.75, 3.05) is 19.8 Å². The Labute approximate surface area is 77.3 Å². The zero-order valence-corrected chi connectivity index (χ0v) is 7.62. The topological polar surface area (TPSA) is 31.0 Å². The van der Waals surface area contributed by atoms with E-state index in [1.807, 2.05) is 0 Å². The number of epoxide rings is 1. The highest BCUT2D eigenvalue weighted by Crippen LogP contribution is 2.63. The molecule has 0 N–H and O–H groups in total. The van der Waals surface area contributed by atoms with Crippen LogP contribution in [0.1, 0.15) is 19.3 Å². The van der Waals surface area contributed by atoms with Gasteiger partial charge in [-0.05, 0) is 18.8 Å². The fourth-order valence-electron chi connectivity index (χ4n) is 3.61. The molecule has 0 aromatic heterocycles. The minimum atomic E-state index is -0.179. The van der Waals surface area contributed by atoms with E-state index in [4.69, 9.17) is 14.2 Å². The first-order valence-electron chi connectivity index (χ1n) is 5.25. The Bertz CT molecular complexity index is 253. The molecule has 0 aromatic carbocycles. The van der Waals surface area contributed by atoms with Gasteiger partial charge in [-0.15, -0.1) is 0 Å². The van der Waals surface area contributed by atoms with Gasteiger partial charge in [-0.2, -0.15) is 0 Å². The van der Waals surface area contributed by atoms with Gasteiger partial charge in [0, 0.05) is 12.3 Å². The Hall–Kier alpha value is -0.120. The van der Waals surface area contributed by atoms with Crippen LogP contribution < -0.4 is 0 Å². The maximum absolute atomic E-state index is 5.78. The van der Waals surface area contributed by atoms with Gasteiger partial charge in [0.1, 0.15) is 0 Å². The van der Waals surface area contributed by atoms with Gasteiger partial charge in [-0.3, -0.25) is 0 Å². The van der Waals surface area contributed by atoms with Crippen molar-refractivity contribution in [3.05, 3.63) is 0 Å². The molecule has 1 unspecified atom stereocenters. The van der Waals surface area contributed by atoms with Crippen molar-refractivity contribution < 1.29 is 14.2 Å². The van der Waals surface area contributed by atoms with Gasteiger partial charge in [0.2, 0.25) is 0 Å². The van der Waals surface area contributed by atoms with Crippen molar-refractivity contribution >= 4 is 0 Å². The summed E-state index contributed by atoms with van der Waals surface area (Å²) in [5.41, 5.74) is 0.283. The predicted octanol–water partition coefficient (Wildman–Crippen LogP) is 0.928. The minimum Gasteiger partial charge on any atom is -0.369 e. The molecule has 2 spiro atoms. The molecule has 0 amide bonds. The molecule has 4 fully saturated rings. The summed E-state index contributed by atoms with van der Waals surface area (Å²) < 4.78 is 17.1. The summed E-state index contributed by atoms with van der Waals surface area (Å²) in [6.07, 6.45) is 3.52. The molecule has 2 bridgehead atoms. The molecule has 3 heteroatoms. The molecule has 3 atom stereocenters. The lowest BCUT2D eigenvalue weighted by atomic mass is 9.85. The van der Waals surface area contributed by atoms with Crippen LogP contribution in [0.25, 0.3) is 0 Å². The minimum absolute atomic E-state index is 0.179. The van der Waals surface area contributed by atoms with E-state index < -0.39 is 0 Å². The Kier molecular flexibility index (Phi) is 1.08. The van der Waals surface area contributed by atoms with Gasteiger partial charge in [0.25, 0.3) is 0 Å². The van der Waals surface area contributed by atoms with Crippen LogP contribution in [-0.4, -0.2) is 31.2 Å². The lowest BCUT2D eigenvalue weighted by molar-refractivity contribution is -0.196. The molecule has 2 saturated heterocycles.